The number of carbonyl (C=O) groups is 1. The number of hydrogen-bond acceptors (Lipinski definition) is 5. The number of anilines is 1. The standard InChI is InChI=1S/C30H30N6O2S/c1-19-16-17-25(18-20(19)2)35-27(23-12-8-6-9-13-23)32-33-30(35)39-22(4)28(37)31-26-21(3)34(5)36(29(26)38)24-14-10-7-11-15-24/h6-18,22H,1-5H3,(H,31,37)/t22-/m0/s1. The molecule has 3 aromatic carbocycles. The van der Waals surface area contributed by atoms with Crippen molar-refractivity contribution in [2.24, 2.45) is 7.05 Å². The number of rotatable bonds is 7. The van der Waals surface area contributed by atoms with Gasteiger partial charge in [-0.25, -0.2) is 4.68 Å². The van der Waals surface area contributed by atoms with Crippen LogP contribution in [0.2, 0.25) is 0 Å². The molecule has 198 valence electrons. The van der Waals surface area contributed by atoms with Crippen LogP contribution in [0.1, 0.15) is 23.7 Å². The average molecular weight is 539 g/mol. The van der Waals surface area contributed by atoms with Crippen LogP contribution in [0.15, 0.2) is 88.8 Å². The number of benzene rings is 3. The molecule has 2 aromatic heterocycles. The zero-order chi connectivity index (χ0) is 27.7. The number of aryl methyl sites for hydroxylation is 2. The lowest BCUT2D eigenvalue weighted by Crippen LogP contribution is -2.27. The molecule has 2 heterocycles. The molecule has 9 heteroatoms. The maximum atomic E-state index is 13.4. The summed E-state index contributed by atoms with van der Waals surface area (Å²) in [5.41, 5.74) is 5.56. The Bertz CT molecular complexity index is 1700. The van der Waals surface area contributed by atoms with E-state index in [-0.39, 0.29) is 17.2 Å². The molecule has 0 saturated heterocycles. The van der Waals surface area contributed by atoms with Crippen molar-refractivity contribution in [3.8, 4) is 22.8 Å². The van der Waals surface area contributed by atoms with Crippen molar-refractivity contribution >= 4 is 23.4 Å². The Kier molecular flexibility index (Phi) is 7.26. The molecule has 1 amide bonds. The molecule has 39 heavy (non-hydrogen) atoms. The molecule has 0 spiro atoms. The van der Waals surface area contributed by atoms with Crippen LogP contribution < -0.4 is 10.9 Å². The predicted molar refractivity (Wildman–Crippen MR) is 156 cm³/mol. The highest BCUT2D eigenvalue weighted by molar-refractivity contribution is 8.00. The first kappa shape index (κ1) is 26.2. The van der Waals surface area contributed by atoms with Crippen LogP contribution in [0.3, 0.4) is 0 Å². The SMILES string of the molecule is Cc1ccc(-n2c(S[C@@H](C)C(=O)Nc3c(C)n(C)n(-c4ccccc4)c3=O)nnc2-c2ccccc2)cc1C. The molecule has 0 radical (unpaired) electrons. The number of aromatic nitrogens is 5. The Morgan fingerprint density at radius 1 is 0.872 bits per heavy atom. The first-order chi connectivity index (χ1) is 18.8. The number of amides is 1. The Balaban J connectivity index is 1.46. The number of hydrogen-bond donors (Lipinski definition) is 1. The van der Waals surface area contributed by atoms with E-state index in [9.17, 15) is 9.59 Å². The molecule has 1 N–H and O–H groups in total. The average Bonchev–Trinajstić information content (AvgIpc) is 3.45. The Hall–Kier alpha value is -4.37. The largest absolute Gasteiger partial charge is 0.319 e. The summed E-state index contributed by atoms with van der Waals surface area (Å²) < 4.78 is 5.27. The summed E-state index contributed by atoms with van der Waals surface area (Å²) in [6.07, 6.45) is 0. The fourth-order valence-corrected chi connectivity index (χ4v) is 5.23. The molecule has 0 fully saturated rings. The van der Waals surface area contributed by atoms with Gasteiger partial charge in [0.2, 0.25) is 5.91 Å². The maximum Gasteiger partial charge on any atom is 0.295 e. The molecule has 5 rings (SSSR count). The molecule has 0 bridgehead atoms. The Morgan fingerprint density at radius 3 is 2.21 bits per heavy atom. The van der Waals surface area contributed by atoms with Crippen LogP contribution in [-0.4, -0.2) is 35.3 Å². The van der Waals surface area contributed by atoms with Crippen molar-refractivity contribution < 1.29 is 4.79 Å². The third-order valence-electron chi connectivity index (χ3n) is 6.87. The third kappa shape index (κ3) is 5.05. The molecule has 0 saturated carbocycles. The Labute approximate surface area is 231 Å². The summed E-state index contributed by atoms with van der Waals surface area (Å²) in [5, 5.41) is 11.9. The summed E-state index contributed by atoms with van der Waals surface area (Å²) in [4.78, 5) is 26.6. The van der Waals surface area contributed by atoms with E-state index >= 15 is 0 Å². The number of thioether (sulfide) groups is 1. The van der Waals surface area contributed by atoms with Gasteiger partial charge in [-0.05, 0) is 63.1 Å². The van der Waals surface area contributed by atoms with Crippen LogP contribution in [0, 0.1) is 20.8 Å². The molecule has 0 aliphatic heterocycles. The molecular formula is C30H30N6O2S. The first-order valence-corrected chi connectivity index (χ1v) is 13.5. The van der Waals surface area contributed by atoms with Crippen molar-refractivity contribution in [1.82, 2.24) is 24.1 Å². The van der Waals surface area contributed by atoms with Crippen LogP contribution in [0.25, 0.3) is 22.8 Å². The molecule has 0 aliphatic rings. The van der Waals surface area contributed by atoms with Crippen molar-refractivity contribution in [2.45, 2.75) is 38.1 Å². The summed E-state index contributed by atoms with van der Waals surface area (Å²) in [5.74, 6) is 0.403. The highest BCUT2D eigenvalue weighted by atomic mass is 32.2. The maximum absolute atomic E-state index is 13.4. The first-order valence-electron chi connectivity index (χ1n) is 12.7. The van der Waals surface area contributed by atoms with Gasteiger partial charge < -0.3 is 5.32 Å². The molecular weight excluding hydrogens is 508 g/mol. The summed E-state index contributed by atoms with van der Waals surface area (Å²) >= 11 is 1.30. The van der Waals surface area contributed by atoms with E-state index in [4.69, 9.17) is 0 Å². The minimum absolute atomic E-state index is 0.263. The van der Waals surface area contributed by atoms with Gasteiger partial charge in [-0.2, -0.15) is 0 Å². The zero-order valence-electron chi connectivity index (χ0n) is 22.5. The van der Waals surface area contributed by atoms with Crippen molar-refractivity contribution in [2.75, 3.05) is 5.32 Å². The van der Waals surface area contributed by atoms with E-state index in [2.05, 4.69) is 41.5 Å². The number of nitrogens with one attached hydrogen (secondary N) is 1. The van der Waals surface area contributed by atoms with E-state index in [1.807, 2.05) is 78.2 Å². The van der Waals surface area contributed by atoms with Gasteiger partial charge in [0.25, 0.3) is 5.56 Å². The minimum atomic E-state index is -0.549. The summed E-state index contributed by atoms with van der Waals surface area (Å²) in [6, 6.07) is 25.4. The monoisotopic (exact) mass is 538 g/mol. The van der Waals surface area contributed by atoms with Gasteiger partial charge >= 0.3 is 0 Å². The van der Waals surface area contributed by atoms with Gasteiger partial charge in [-0.3, -0.25) is 18.8 Å². The summed E-state index contributed by atoms with van der Waals surface area (Å²) in [7, 11) is 1.80. The molecule has 5 aromatic rings. The zero-order valence-corrected chi connectivity index (χ0v) is 23.4. The van der Waals surface area contributed by atoms with Gasteiger partial charge in [0.05, 0.1) is 22.3 Å². The van der Waals surface area contributed by atoms with Gasteiger partial charge in [-0.1, -0.05) is 66.4 Å². The van der Waals surface area contributed by atoms with Gasteiger partial charge in [-0.15, -0.1) is 10.2 Å². The second-order valence-electron chi connectivity index (χ2n) is 9.46. The van der Waals surface area contributed by atoms with Gasteiger partial charge in [0, 0.05) is 12.6 Å². The topological polar surface area (TPSA) is 86.7 Å². The van der Waals surface area contributed by atoms with E-state index in [0.29, 0.717) is 16.7 Å². The van der Waals surface area contributed by atoms with Crippen molar-refractivity contribution in [1.29, 1.82) is 0 Å². The normalized spacial score (nSPS) is 11.9. The number of nitrogens with zero attached hydrogens (tertiary/aromatic N) is 5. The van der Waals surface area contributed by atoms with Crippen LogP contribution in [0.5, 0.6) is 0 Å². The lowest BCUT2D eigenvalue weighted by Gasteiger charge is -2.15. The van der Waals surface area contributed by atoms with Crippen LogP contribution in [0.4, 0.5) is 5.69 Å². The van der Waals surface area contributed by atoms with Crippen molar-refractivity contribution in [3.63, 3.8) is 0 Å². The lowest BCUT2D eigenvalue weighted by atomic mass is 10.1. The summed E-state index contributed by atoms with van der Waals surface area (Å²) in [6.45, 7) is 7.76. The van der Waals surface area contributed by atoms with Crippen molar-refractivity contribution in [3.05, 3.63) is 106 Å². The van der Waals surface area contributed by atoms with Gasteiger partial charge in [0.15, 0.2) is 11.0 Å². The highest BCUT2D eigenvalue weighted by Crippen LogP contribution is 2.31. The number of carbonyl (C=O) groups excluding carboxylic acids is 1. The van der Waals surface area contributed by atoms with E-state index < -0.39 is 5.25 Å². The third-order valence-corrected chi connectivity index (χ3v) is 7.91. The van der Waals surface area contributed by atoms with Crippen LogP contribution >= 0.6 is 11.8 Å². The highest BCUT2D eigenvalue weighted by Gasteiger charge is 2.25. The second kappa shape index (κ2) is 10.8. The molecule has 0 unspecified atom stereocenters. The molecule has 8 nitrogen and oxygen atoms in total. The van der Waals surface area contributed by atoms with E-state index in [0.717, 1.165) is 22.5 Å². The van der Waals surface area contributed by atoms with Crippen LogP contribution in [-0.2, 0) is 11.8 Å². The van der Waals surface area contributed by atoms with E-state index in [1.54, 1.807) is 23.3 Å². The molecule has 0 aliphatic carbocycles. The minimum Gasteiger partial charge on any atom is -0.319 e. The number of para-hydroxylation sites is 1. The Morgan fingerprint density at radius 2 is 1.54 bits per heavy atom. The lowest BCUT2D eigenvalue weighted by molar-refractivity contribution is -0.115. The fourth-order valence-electron chi connectivity index (χ4n) is 4.37. The van der Waals surface area contributed by atoms with Gasteiger partial charge in [0.1, 0.15) is 5.69 Å². The predicted octanol–water partition coefficient (Wildman–Crippen LogP) is 5.47. The molecule has 1 atom stereocenters. The second-order valence-corrected chi connectivity index (χ2v) is 10.8. The quantitative estimate of drug-likeness (QED) is 0.278. The van der Waals surface area contributed by atoms with E-state index in [1.165, 1.54) is 17.3 Å². The fraction of sp³-hybridized carbons (Fsp3) is 0.200. The smallest absolute Gasteiger partial charge is 0.295 e.